The topological polar surface area (TPSA) is 32.3 Å². The highest BCUT2D eigenvalue weighted by molar-refractivity contribution is 14.1. The minimum Gasteiger partial charge on any atom is -0.355 e. The smallest absolute Gasteiger partial charge is 0.222 e. The molecule has 0 aliphatic rings. The summed E-state index contributed by atoms with van der Waals surface area (Å²) in [5.41, 5.74) is 0. The lowest BCUT2D eigenvalue weighted by Gasteiger charge is -2.14. The van der Waals surface area contributed by atoms with E-state index in [1.165, 1.54) is 0 Å². The molecule has 0 fully saturated rings. The normalized spacial score (nSPS) is 10.9. The summed E-state index contributed by atoms with van der Waals surface area (Å²) in [4.78, 5) is 11.2. The zero-order chi connectivity index (χ0) is 10.3. The molecule has 0 atom stereocenters. The Balaban J connectivity index is 3.39. The average molecular weight is 298 g/mol. The van der Waals surface area contributed by atoms with Crippen LogP contribution in [0.1, 0.15) is 27.2 Å². The summed E-state index contributed by atoms with van der Waals surface area (Å²) in [6, 6.07) is 0. The van der Waals surface area contributed by atoms with Crippen molar-refractivity contribution in [3.05, 3.63) is 0 Å². The monoisotopic (exact) mass is 298 g/mol. The minimum atomic E-state index is 0.0915. The Kier molecular flexibility index (Phi) is 7.65. The van der Waals surface area contributed by atoms with Gasteiger partial charge in [-0.3, -0.25) is 4.79 Å². The first kappa shape index (κ1) is 13.2. The zero-order valence-electron chi connectivity index (χ0n) is 8.64. The van der Waals surface area contributed by atoms with E-state index in [0.29, 0.717) is 0 Å². The summed E-state index contributed by atoms with van der Waals surface area (Å²) in [6.07, 6.45) is 1.15. The maximum absolute atomic E-state index is 11.2. The molecule has 78 valence electrons. The van der Waals surface area contributed by atoms with Crippen molar-refractivity contribution in [1.82, 2.24) is 8.43 Å². The number of nitrogens with one attached hydrogen (secondary N) is 1. The molecule has 0 unspecified atom stereocenters. The molecule has 4 heteroatoms. The number of hydrogen-bond acceptors (Lipinski definition) is 2. The quantitative estimate of drug-likeness (QED) is 0.599. The number of nitrogens with zero attached hydrogens (tertiary/aromatic N) is 1. The van der Waals surface area contributed by atoms with E-state index in [-0.39, 0.29) is 11.8 Å². The SMILES string of the molecule is CCCN(I)CCNC(=O)C(C)C. The molecule has 0 aromatic rings. The Morgan fingerprint density at radius 3 is 2.54 bits per heavy atom. The van der Waals surface area contributed by atoms with E-state index in [1.54, 1.807) is 0 Å². The van der Waals surface area contributed by atoms with Gasteiger partial charge in [-0.25, -0.2) is 3.11 Å². The van der Waals surface area contributed by atoms with Crippen molar-refractivity contribution in [2.75, 3.05) is 19.6 Å². The van der Waals surface area contributed by atoms with Gasteiger partial charge in [0, 0.05) is 48.4 Å². The van der Waals surface area contributed by atoms with E-state index in [0.717, 1.165) is 26.1 Å². The lowest BCUT2D eigenvalue weighted by atomic mass is 10.2. The van der Waals surface area contributed by atoms with Crippen molar-refractivity contribution in [2.24, 2.45) is 5.92 Å². The zero-order valence-corrected chi connectivity index (χ0v) is 10.8. The van der Waals surface area contributed by atoms with Crippen LogP contribution in [0, 0.1) is 5.92 Å². The summed E-state index contributed by atoms with van der Waals surface area (Å²) in [5.74, 6) is 0.232. The molecule has 0 heterocycles. The van der Waals surface area contributed by atoms with Crippen LogP contribution in [0.15, 0.2) is 0 Å². The fraction of sp³-hybridized carbons (Fsp3) is 0.889. The highest BCUT2D eigenvalue weighted by atomic mass is 127. The van der Waals surface area contributed by atoms with Crippen LogP contribution in [0.2, 0.25) is 0 Å². The lowest BCUT2D eigenvalue weighted by molar-refractivity contribution is -0.123. The molecule has 0 aromatic carbocycles. The van der Waals surface area contributed by atoms with Crippen molar-refractivity contribution < 1.29 is 4.79 Å². The van der Waals surface area contributed by atoms with Gasteiger partial charge in [-0.1, -0.05) is 20.8 Å². The van der Waals surface area contributed by atoms with Crippen molar-refractivity contribution in [1.29, 1.82) is 0 Å². The first-order valence-corrected chi connectivity index (χ1v) is 5.72. The van der Waals surface area contributed by atoms with Crippen LogP contribution < -0.4 is 5.32 Å². The van der Waals surface area contributed by atoms with E-state index in [2.05, 4.69) is 38.2 Å². The Morgan fingerprint density at radius 2 is 2.08 bits per heavy atom. The molecule has 0 bridgehead atoms. The number of carbonyl (C=O) groups excluding carboxylic acids is 1. The Labute approximate surface area is 94.7 Å². The van der Waals surface area contributed by atoms with Crippen LogP contribution in [-0.2, 0) is 4.79 Å². The number of rotatable bonds is 6. The number of carbonyl (C=O) groups is 1. The van der Waals surface area contributed by atoms with Crippen molar-refractivity contribution in [3.63, 3.8) is 0 Å². The van der Waals surface area contributed by atoms with Crippen molar-refractivity contribution in [3.8, 4) is 0 Å². The van der Waals surface area contributed by atoms with Crippen LogP contribution in [0.4, 0.5) is 0 Å². The van der Waals surface area contributed by atoms with E-state index >= 15 is 0 Å². The van der Waals surface area contributed by atoms with Crippen molar-refractivity contribution >= 4 is 28.8 Å². The molecule has 0 saturated carbocycles. The molecule has 0 aliphatic carbocycles. The average Bonchev–Trinajstić information content (AvgIpc) is 2.04. The van der Waals surface area contributed by atoms with Gasteiger partial charge in [0.25, 0.3) is 0 Å². The largest absolute Gasteiger partial charge is 0.355 e. The van der Waals surface area contributed by atoms with E-state index in [1.807, 2.05) is 13.8 Å². The summed E-state index contributed by atoms with van der Waals surface area (Å²) < 4.78 is 2.19. The highest BCUT2D eigenvalue weighted by Crippen LogP contribution is 1.98. The van der Waals surface area contributed by atoms with Gasteiger partial charge < -0.3 is 5.32 Å². The second kappa shape index (κ2) is 7.55. The van der Waals surface area contributed by atoms with Crippen LogP contribution in [0.3, 0.4) is 0 Å². The fourth-order valence-corrected chi connectivity index (χ4v) is 1.58. The maximum Gasteiger partial charge on any atom is 0.222 e. The number of halogens is 1. The molecule has 0 saturated heterocycles. The predicted octanol–water partition coefficient (Wildman–Crippen LogP) is 1.82. The summed E-state index contributed by atoms with van der Waals surface area (Å²) in [7, 11) is 0. The molecular weight excluding hydrogens is 279 g/mol. The van der Waals surface area contributed by atoms with Crippen molar-refractivity contribution in [2.45, 2.75) is 27.2 Å². The van der Waals surface area contributed by atoms with Gasteiger partial charge in [0.1, 0.15) is 0 Å². The Morgan fingerprint density at radius 1 is 1.46 bits per heavy atom. The summed E-state index contributed by atoms with van der Waals surface area (Å²) in [6.45, 7) is 8.72. The lowest BCUT2D eigenvalue weighted by Crippen LogP contribution is -2.33. The van der Waals surface area contributed by atoms with E-state index < -0.39 is 0 Å². The van der Waals surface area contributed by atoms with Gasteiger partial charge in [-0.2, -0.15) is 0 Å². The molecule has 0 radical (unpaired) electrons. The molecule has 13 heavy (non-hydrogen) atoms. The first-order valence-electron chi connectivity index (χ1n) is 4.76. The van der Waals surface area contributed by atoms with Crippen LogP contribution in [-0.4, -0.2) is 28.7 Å². The Hall–Kier alpha value is 0.160. The third-order valence-electron chi connectivity index (χ3n) is 1.64. The third kappa shape index (κ3) is 7.25. The van der Waals surface area contributed by atoms with Gasteiger partial charge in [0.05, 0.1) is 0 Å². The van der Waals surface area contributed by atoms with Gasteiger partial charge in [-0.15, -0.1) is 0 Å². The number of hydrogen-bond donors (Lipinski definition) is 1. The van der Waals surface area contributed by atoms with Crippen LogP contribution in [0.25, 0.3) is 0 Å². The standard InChI is InChI=1S/C9H19IN2O/c1-4-6-12(10)7-5-11-9(13)8(2)3/h8H,4-7H2,1-3H3,(H,11,13). The Bertz CT molecular complexity index is 151. The molecule has 0 aliphatic heterocycles. The molecule has 0 aromatic heterocycles. The first-order chi connectivity index (χ1) is 6.07. The maximum atomic E-state index is 11.2. The minimum absolute atomic E-state index is 0.0915. The second-order valence-corrected chi connectivity index (χ2v) is 4.72. The van der Waals surface area contributed by atoms with Crippen LogP contribution in [0.5, 0.6) is 0 Å². The molecule has 0 rings (SSSR count). The third-order valence-corrected chi connectivity index (χ3v) is 2.61. The molecule has 1 amide bonds. The van der Waals surface area contributed by atoms with Gasteiger partial charge in [0.2, 0.25) is 5.91 Å². The highest BCUT2D eigenvalue weighted by Gasteiger charge is 2.05. The van der Waals surface area contributed by atoms with Gasteiger partial charge >= 0.3 is 0 Å². The van der Waals surface area contributed by atoms with Gasteiger partial charge in [-0.05, 0) is 6.42 Å². The molecule has 3 nitrogen and oxygen atoms in total. The van der Waals surface area contributed by atoms with E-state index in [9.17, 15) is 4.79 Å². The fourth-order valence-electron chi connectivity index (χ4n) is 0.859. The molecule has 1 N–H and O–H groups in total. The summed E-state index contributed by atoms with van der Waals surface area (Å²) >= 11 is 2.29. The molecular formula is C9H19IN2O. The van der Waals surface area contributed by atoms with Crippen LogP contribution >= 0.6 is 22.9 Å². The molecule has 0 spiro atoms. The second-order valence-electron chi connectivity index (χ2n) is 3.36. The predicted molar refractivity (Wildman–Crippen MR) is 63.7 cm³/mol. The number of amides is 1. The van der Waals surface area contributed by atoms with Gasteiger partial charge in [0.15, 0.2) is 0 Å². The van der Waals surface area contributed by atoms with E-state index in [4.69, 9.17) is 0 Å². The summed E-state index contributed by atoms with van der Waals surface area (Å²) in [5, 5.41) is 2.89.